The molecule has 0 aliphatic carbocycles. The molecule has 0 saturated carbocycles. The zero-order chi connectivity index (χ0) is 10.3. The first-order chi connectivity index (χ1) is 6.61. The second-order valence-electron chi connectivity index (χ2n) is 2.86. The molecule has 0 aromatic carbocycles. The summed E-state index contributed by atoms with van der Waals surface area (Å²) in [7, 11) is 0. The fourth-order valence-corrected chi connectivity index (χ4v) is 1.57. The molecule has 0 unspecified atom stereocenters. The number of hydrogen-bond acceptors (Lipinski definition) is 2. The Bertz CT molecular complexity index is 521. The lowest BCUT2D eigenvalue weighted by Crippen LogP contribution is -2.00. The van der Waals surface area contributed by atoms with Gasteiger partial charge in [0.05, 0.1) is 0 Å². The highest BCUT2D eigenvalue weighted by molar-refractivity contribution is 6.33. The number of hydrogen-bond donors (Lipinski definition) is 0. The zero-order valence-corrected chi connectivity index (χ0v) is 8.05. The number of fused-ring (bicyclic) bond motifs is 1. The topological polar surface area (TPSA) is 34.4 Å². The molecule has 3 nitrogen and oxygen atoms in total. The van der Waals surface area contributed by atoms with Crippen LogP contribution >= 0.6 is 11.6 Å². The smallest absolute Gasteiger partial charge is 0.195 e. The minimum absolute atomic E-state index is 0.00769. The number of carbonyl (C=O) groups is 1. The SMILES string of the molecule is CC(=O)c1nc(Cl)c2c(F)cccn12. The summed E-state index contributed by atoms with van der Waals surface area (Å²) in [6.07, 6.45) is 1.55. The maximum Gasteiger partial charge on any atom is 0.195 e. The number of rotatable bonds is 1. The largest absolute Gasteiger partial charge is 0.293 e. The Labute approximate surface area is 84.1 Å². The summed E-state index contributed by atoms with van der Waals surface area (Å²) >= 11 is 5.70. The summed E-state index contributed by atoms with van der Waals surface area (Å²) in [5.74, 6) is -0.598. The van der Waals surface area contributed by atoms with Crippen molar-refractivity contribution in [1.82, 2.24) is 9.38 Å². The number of Topliss-reactive ketones (excluding diaryl/α,β-unsaturated/α-hetero) is 1. The van der Waals surface area contributed by atoms with E-state index < -0.39 is 5.82 Å². The van der Waals surface area contributed by atoms with Gasteiger partial charge in [0.1, 0.15) is 11.3 Å². The molecule has 0 atom stereocenters. The zero-order valence-electron chi connectivity index (χ0n) is 7.29. The number of nitrogens with zero attached hydrogens (tertiary/aromatic N) is 2. The van der Waals surface area contributed by atoms with E-state index in [0.717, 1.165) is 0 Å². The van der Waals surface area contributed by atoms with Crippen LogP contribution < -0.4 is 0 Å². The first-order valence-corrected chi connectivity index (χ1v) is 4.32. The van der Waals surface area contributed by atoms with Crippen molar-refractivity contribution in [3.63, 3.8) is 0 Å². The first-order valence-electron chi connectivity index (χ1n) is 3.94. The molecule has 0 spiro atoms. The fraction of sp³-hybridized carbons (Fsp3) is 0.111. The second kappa shape index (κ2) is 3.06. The molecule has 14 heavy (non-hydrogen) atoms. The lowest BCUT2D eigenvalue weighted by atomic mass is 10.4. The number of carbonyl (C=O) groups excluding carboxylic acids is 1. The van der Waals surface area contributed by atoms with E-state index in [1.54, 1.807) is 6.20 Å². The van der Waals surface area contributed by atoms with Crippen LogP contribution in [0.25, 0.3) is 5.52 Å². The highest BCUT2D eigenvalue weighted by atomic mass is 35.5. The normalized spacial score (nSPS) is 10.8. The molecular formula is C9H6ClFN2O. The summed E-state index contributed by atoms with van der Waals surface area (Å²) in [6, 6.07) is 2.76. The molecule has 2 rings (SSSR count). The van der Waals surface area contributed by atoms with Crippen LogP contribution in [0.15, 0.2) is 18.3 Å². The van der Waals surface area contributed by atoms with Crippen molar-refractivity contribution >= 4 is 22.9 Å². The quantitative estimate of drug-likeness (QED) is 0.680. The average Bonchev–Trinajstić information content (AvgIpc) is 2.45. The Morgan fingerprint density at radius 1 is 1.64 bits per heavy atom. The van der Waals surface area contributed by atoms with Crippen LogP contribution in [-0.4, -0.2) is 15.2 Å². The lowest BCUT2D eigenvalue weighted by molar-refractivity contribution is 0.100. The van der Waals surface area contributed by atoms with Gasteiger partial charge in [0.2, 0.25) is 0 Å². The molecule has 2 aromatic rings. The first kappa shape index (κ1) is 9.15. The summed E-state index contributed by atoms with van der Waals surface area (Å²) in [5.41, 5.74) is 0.138. The van der Waals surface area contributed by atoms with E-state index in [2.05, 4.69) is 4.98 Å². The van der Waals surface area contributed by atoms with E-state index in [0.29, 0.717) is 0 Å². The van der Waals surface area contributed by atoms with Crippen LogP contribution in [0.4, 0.5) is 4.39 Å². The second-order valence-corrected chi connectivity index (χ2v) is 3.22. The van der Waals surface area contributed by atoms with Gasteiger partial charge < -0.3 is 0 Å². The van der Waals surface area contributed by atoms with Crippen molar-refractivity contribution in [3.05, 3.63) is 35.1 Å². The molecular weight excluding hydrogens is 207 g/mol. The molecule has 0 fully saturated rings. The standard InChI is InChI=1S/C9H6ClFN2O/c1-5(14)9-12-8(10)7-6(11)3-2-4-13(7)9/h2-4H,1H3. The predicted molar refractivity (Wildman–Crippen MR) is 50.2 cm³/mol. The van der Waals surface area contributed by atoms with Crippen molar-refractivity contribution in [1.29, 1.82) is 0 Å². The third-order valence-corrected chi connectivity index (χ3v) is 2.15. The van der Waals surface area contributed by atoms with E-state index in [9.17, 15) is 9.18 Å². The van der Waals surface area contributed by atoms with Gasteiger partial charge >= 0.3 is 0 Å². The number of imidazole rings is 1. The van der Waals surface area contributed by atoms with E-state index in [1.165, 1.54) is 23.5 Å². The molecule has 0 bridgehead atoms. The number of ketones is 1. The van der Waals surface area contributed by atoms with Crippen LogP contribution in [0.2, 0.25) is 5.15 Å². The van der Waals surface area contributed by atoms with Gasteiger partial charge in [-0.2, -0.15) is 0 Å². The molecule has 0 N–H and O–H groups in total. The van der Waals surface area contributed by atoms with Crippen molar-refractivity contribution in [2.75, 3.05) is 0 Å². The maximum atomic E-state index is 13.3. The van der Waals surface area contributed by atoms with Crippen molar-refractivity contribution < 1.29 is 9.18 Å². The number of pyridine rings is 1. The van der Waals surface area contributed by atoms with E-state index in [4.69, 9.17) is 11.6 Å². The van der Waals surface area contributed by atoms with Gasteiger partial charge in [0.15, 0.2) is 16.8 Å². The van der Waals surface area contributed by atoms with Gasteiger partial charge in [-0.25, -0.2) is 9.37 Å². The summed E-state index contributed by atoms with van der Waals surface area (Å²) in [5, 5.41) is 0.00769. The predicted octanol–water partition coefficient (Wildman–Crippen LogP) is 2.33. The van der Waals surface area contributed by atoms with Crippen molar-refractivity contribution in [2.24, 2.45) is 0 Å². The van der Waals surface area contributed by atoms with Gasteiger partial charge in [0.25, 0.3) is 0 Å². The molecule has 5 heteroatoms. The lowest BCUT2D eigenvalue weighted by Gasteiger charge is -1.96. The molecule has 2 aromatic heterocycles. The van der Waals surface area contributed by atoms with Crippen LogP contribution in [0.3, 0.4) is 0 Å². The van der Waals surface area contributed by atoms with Crippen molar-refractivity contribution in [3.8, 4) is 0 Å². The Morgan fingerprint density at radius 2 is 2.36 bits per heavy atom. The number of aromatic nitrogens is 2. The maximum absolute atomic E-state index is 13.3. The molecule has 72 valence electrons. The van der Waals surface area contributed by atoms with E-state index >= 15 is 0 Å². The van der Waals surface area contributed by atoms with Gasteiger partial charge in [0, 0.05) is 13.1 Å². The van der Waals surface area contributed by atoms with Crippen LogP contribution in [0.1, 0.15) is 17.5 Å². The minimum atomic E-state index is -0.488. The van der Waals surface area contributed by atoms with E-state index in [-0.39, 0.29) is 22.3 Å². The van der Waals surface area contributed by atoms with Crippen LogP contribution in [0, 0.1) is 5.82 Å². The van der Waals surface area contributed by atoms with Crippen LogP contribution in [-0.2, 0) is 0 Å². The average molecular weight is 213 g/mol. The third kappa shape index (κ3) is 1.19. The molecule has 0 aliphatic rings. The van der Waals surface area contributed by atoms with Gasteiger partial charge in [-0.05, 0) is 12.1 Å². The number of halogens is 2. The molecule has 0 amide bonds. The third-order valence-electron chi connectivity index (χ3n) is 1.89. The molecule has 0 radical (unpaired) electrons. The molecule has 0 aliphatic heterocycles. The van der Waals surface area contributed by atoms with E-state index in [1.807, 2.05) is 0 Å². The fourth-order valence-electron chi connectivity index (χ4n) is 1.30. The Hall–Kier alpha value is -1.42. The summed E-state index contributed by atoms with van der Waals surface area (Å²) < 4.78 is 14.6. The Kier molecular flexibility index (Phi) is 2.00. The van der Waals surface area contributed by atoms with Gasteiger partial charge in [-0.15, -0.1) is 0 Å². The monoisotopic (exact) mass is 212 g/mol. The van der Waals surface area contributed by atoms with Crippen molar-refractivity contribution in [2.45, 2.75) is 6.92 Å². The highest BCUT2D eigenvalue weighted by Gasteiger charge is 2.15. The summed E-state index contributed by atoms with van der Waals surface area (Å²) in [4.78, 5) is 14.9. The highest BCUT2D eigenvalue weighted by Crippen LogP contribution is 2.21. The minimum Gasteiger partial charge on any atom is -0.293 e. The van der Waals surface area contributed by atoms with Gasteiger partial charge in [-0.1, -0.05) is 11.6 Å². The molecule has 2 heterocycles. The summed E-state index contributed by atoms with van der Waals surface area (Å²) in [6.45, 7) is 1.36. The Balaban J connectivity index is 2.91. The van der Waals surface area contributed by atoms with Gasteiger partial charge in [-0.3, -0.25) is 9.20 Å². The molecule has 0 saturated heterocycles. The Morgan fingerprint density at radius 3 is 3.00 bits per heavy atom. The van der Waals surface area contributed by atoms with Crippen LogP contribution in [0.5, 0.6) is 0 Å².